The van der Waals surface area contributed by atoms with Gasteiger partial charge in [0.2, 0.25) is 0 Å². The second kappa shape index (κ2) is 8.22. The highest BCUT2D eigenvalue weighted by Crippen LogP contribution is 2.37. The number of methoxy groups -OCH3 is 1. The van der Waals surface area contributed by atoms with Gasteiger partial charge in [-0.25, -0.2) is 4.79 Å². The molecule has 0 radical (unpaired) electrons. The van der Waals surface area contributed by atoms with Crippen LogP contribution in [0.5, 0.6) is 17.2 Å². The van der Waals surface area contributed by atoms with Crippen LogP contribution in [0.2, 0.25) is 0 Å². The molecule has 0 saturated carbocycles. The van der Waals surface area contributed by atoms with Gasteiger partial charge in [0.05, 0.1) is 7.11 Å². The van der Waals surface area contributed by atoms with E-state index in [-0.39, 0.29) is 17.9 Å². The van der Waals surface area contributed by atoms with E-state index in [1.54, 1.807) is 36.4 Å². The third-order valence-corrected chi connectivity index (χ3v) is 3.98. The predicted octanol–water partition coefficient (Wildman–Crippen LogP) is 2.85. The maximum atomic E-state index is 12.3. The highest BCUT2D eigenvalue weighted by Gasteiger charge is 2.21. The van der Waals surface area contributed by atoms with E-state index in [2.05, 4.69) is 4.74 Å². The van der Waals surface area contributed by atoms with Crippen LogP contribution in [0.3, 0.4) is 0 Å². The Labute approximate surface area is 160 Å². The molecule has 0 aromatic heterocycles. The van der Waals surface area contributed by atoms with Crippen molar-refractivity contribution in [1.82, 2.24) is 0 Å². The van der Waals surface area contributed by atoms with E-state index >= 15 is 0 Å². The highest BCUT2D eigenvalue weighted by atomic mass is 16.6. The molecule has 0 atom stereocenters. The van der Waals surface area contributed by atoms with Crippen LogP contribution in [0.25, 0.3) is 10.8 Å². The Morgan fingerprint density at radius 1 is 0.893 bits per heavy atom. The average molecular weight is 379 g/mol. The molecule has 0 aliphatic rings. The van der Waals surface area contributed by atoms with Gasteiger partial charge in [-0.2, -0.15) is 0 Å². The molecule has 0 unspecified atom stereocenters. The lowest BCUT2D eigenvalue weighted by atomic mass is 9.99. The number of amides is 1. The number of para-hydroxylation sites is 1. The normalized spacial score (nSPS) is 10.3. The van der Waals surface area contributed by atoms with E-state index < -0.39 is 17.7 Å². The third kappa shape index (κ3) is 3.93. The molecule has 0 spiro atoms. The summed E-state index contributed by atoms with van der Waals surface area (Å²) < 4.78 is 16.0. The van der Waals surface area contributed by atoms with Gasteiger partial charge in [0.25, 0.3) is 11.7 Å². The van der Waals surface area contributed by atoms with Gasteiger partial charge in [0.15, 0.2) is 6.61 Å². The summed E-state index contributed by atoms with van der Waals surface area (Å²) in [5, 5.41) is 0.849. The molecule has 2 N–H and O–H groups in total. The van der Waals surface area contributed by atoms with Crippen LogP contribution >= 0.6 is 0 Å². The average Bonchev–Trinajstić information content (AvgIpc) is 2.72. The Balaban J connectivity index is 2.14. The topological polar surface area (TPSA) is 105 Å². The van der Waals surface area contributed by atoms with E-state index in [0.29, 0.717) is 22.3 Å². The lowest BCUT2D eigenvalue weighted by molar-refractivity contribution is -0.142. The number of fused-ring (bicyclic) bond motifs is 1. The fraction of sp³-hybridized carbons (Fsp3) is 0.0952. The summed E-state index contributed by atoms with van der Waals surface area (Å²) >= 11 is 0. The number of ketones is 1. The Morgan fingerprint density at radius 2 is 1.64 bits per heavy atom. The van der Waals surface area contributed by atoms with Crippen molar-refractivity contribution >= 4 is 28.4 Å². The fourth-order valence-electron chi connectivity index (χ4n) is 2.69. The number of hydrogen-bond acceptors (Lipinski definition) is 6. The summed E-state index contributed by atoms with van der Waals surface area (Å²) in [7, 11) is 1.24. The van der Waals surface area contributed by atoms with Crippen molar-refractivity contribution in [3.63, 3.8) is 0 Å². The highest BCUT2D eigenvalue weighted by molar-refractivity contribution is 6.44. The number of esters is 1. The largest absolute Gasteiger partial charge is 0.481 e. The van der Waals surface area contributed by atoms with Crippen molar-refractivity contribution in [3.05, 3.63) is 66.2 Å². The molecule has 142 valence electrons. The van der Waals surface area contributed by atoms with Crippen molar-refractivity contribution in [2.75, 3.05) is 13.7 Å². The molecular formula is C21H17NO6. The number of hydrogen-bond donors (Lipinski definition) is 1. The minimum atomic E-state index is -1.10. The lowest BCUT2D eigenvalue weighted by Gasteiger charge is -2.15. The smallest absolute Gasteiger partial charge is 0.343 e. The van der Waals surface area contributed by atoms with Crippen LogP contribution < -0.4 is 15.2 Å². The fourth-order valence-corrected chi connectivity index (χ4v) is 2.69. The molecule has 3 aromatic rings. The Hall–Kier alpha value is -3.87. The zero-order chi connectivity index (χ0) is 20.1. The number of rotatable bonds is 7. The lowest BCUT2D eigenvalue weighted by Crippen LogP contribution is -2.23. The number of nitrogens with two attached hydrogens (primary N) is 1. The molecule has 0 fully saturated rings. The van der Waals surface area contributed by atoms with Gasteiger partial charge >= 0.3 is 5.97 Å². The van der Waals surface area contributed by atoms with Crippen molar-refractivity contribution in [3.8, 4) is 17.2 Å². The van der Waals surface area contributed by atoms with Gasteiger partial charge in [-0.15, -0.1) is 0 Å². The van der Waals surface area contributed by atoms with Crippen molar-refractivity contribution < 1.29 is 28.6 Å². The molecule has 3 aromatic carbocycles. The summed E-state index contributed by atoms with van der Waals surface area (Å²) in [4.78, 5) is 35.2. The summed E-state index contributed by atoms with van der Waals surface area (Å²) in [5.41, 5.74) is 5.24. The van der Waals surface area contributed by atoms with Crippen LogP contribution in [0.15, 0.2) is 60.7 Å². The van der Waals surface area contributed by atoms with Gasteiger partial charge in [-0.05, 0) is 30.3 Å². The second-order valence-electron chi connectivity index (χ2n) is 5.76. The minimum absolute atomic E-state index is 0.0587. The van der Waals surface area contributed by atoms with Crippen molar-refractivity contribution in [2.24, 2.45) is 5.73 Å². The van der Waals surface area contributed by atoms with Crippen molar-refractivity contribution in [1.29, 1.82) is 0 Å². The summed E-state index contributed by atoms with van der Waals surface area (Å²) in [6, 6.07) is 17.1. The standard InChI is InChI=1S/C21H17NO6/c1-26-18(23)12-27-17-9-5-8-14-16(28-13-6-3-2-4-7-13)11-10-15(19(14)17)20(24)21(22)25/h2-11H,12H2,1H3,(H2,22,25). The van der Waals surface area contributed by atoms with E-state index in [0.717, 1.165) is 0 Å². The number of carbonyl (C=O) groups is 3. The van der Waals surface area contributed by atoms with Crippen LogP contribution in [-0.2, 0) is 14.3 Å². The Morgan fingerprint density at radius 3 is 2.32 bits per heavy atom. The first-order valence-corrected chi connectivity index (χ1v) is 8.33. The maximum absolute atomic E-state index is 12.3. The molecule has 0 saturated heterocycles. The minimum Gasteiger partial charge on any atom is -0.481 e. The quantitative estimate of drug-likeness (QED) is 0.384. The number of benzene rings is 3. The molecule has 7 heteroatoms. The molecule has 0 aliphatic carbocycles. The summed E-state index contributed by atoms with van der Waals surface area (Å²) in [6.07, 6.45) is 0. The van der Waals surface area contributed by atoms with E-state index in [9.17, 15) is 14.4 Å². The molecule has 0 bridgehead atoms. The van der Waals surface area contributed by atoms with E-state index in [1.807, 2.05) is 18.2 Å². The molecule has 0 aliphatic heterocycles. The molecule has 3 rings (SSSR count). The zero-order valence-corrected chi connectivity index (χ0v) is 15.0. The number of ether oxygens (including phenoxy) is 3. The number of carbonyl (C=O) groups excluding carboxylic acids is 3. The van der Waals surface area contributed by atoms with Gasteiger partial charge in [0, 0.05) is 16.3 Å². The second-order valence-corrected chi connectivity index (χ2v) is 5.76. The van der Waals surface area contributed by atoms with Crippen LogP contribution in [0.4, 0.5) is 0 Å². The maximum Gasteiger partial charge on any atom is 0.343 e. The summed E-state index contributed by atoms with van der Waals surface area (Å²) in [6.45, 7) is -0.358. The first kappa shape index (κ1) is 18.9. The first-order valence-electron chi connectivity index (χ1n) is 8.33. The summed E-state index contributed by atoms with van der Waals surface area (Å²) in [5.74, 6) is -1.28. The Kier molecular flexibility index (Phi) is 5.55. The van der Waals surface area contributed by atoms with Gasteiger partial charge in [-0.1, -0.05) is 30.3 Å². The van der Waals surface area contributed by atoms with E-state index in [1.165, 1.54) is 13.2 Å². The first-order chi connectivity index (χ1) is 13.5. The van der Waals surface area contributed by atoms with Gasteiger partial charge in [0.1, 0.15) is 17.2 Å². The van der Waals surface area contributed by atoms with Gasteiger partial charge < -0.3 is 19.9 Å². The molecule has 1 amide bonds. The van der Waals surface area contributed by atoms with Gasteiger partial charge in [-0.3, -0.25) is 9.59 Å². The number of Topliss-reactive ketones (excluding diaryl/α,β-unsaturated/α-hetero) is 1. The van der Waals surface area contributed by atoms with Crippen molar-refractivity contribution in [2.45, 2.75) is 0 Å². The van der Waals surface area contributed by atoms with E-state index in [4.69, 9.17) is 15.2 Å². The molecule has 0 heterocycles. The monoisotopic (exact) mass is 379 g/mol. The SMILES string of the molecule is COC(=O)COc1cccc2c(Oc3ccccc3)ccc(C(=O)C(N)=O)c12. The van der Waals surface area contributed by atoms with Crippen LogP contribution in [-0.4, -0.2) is 31.4 Å². The number of primary amides is 1. The van der Waals surface area contributed by atoms with Crippen LogP contribution in [0.1, 0.15) is 10.4 Å². The third-order valence-electron chi connectivity index (χ3n) is 3.98. The van der Waals surface area contributed by atoms with Crippen LogP contribution in [0, 0.1) is 0 Å². The molecule has 28 heavy (non-hydrogen) atoms. The molecule has 7 nitrogen and oxygen atoms in total. The Bertz CT molecular complexity index is 1050. The predicted molar refractivity (Wildman–Crippen MR) is 101 cm³/mol. The molecular weight excluding hydrogens is 362 g/mol. The zero-order valence-electron chi connectivity index (χ0n) is 15.0.